The third kappa shape index (κ3) is 2.84. The van der Waals surface area contributed by atoms with E-state index >= 15 is 0 Å². The Bertz CT molecular complexity index is 357. The van der Waals surface area contributed by atoms with Crippen LogP contribution < -0.4 is 5.32 Å². The van der Waals surface area contributed by atoms with Crippen LogP contribution in [-0.2, 0) is 10.2 Å². The average molecular weight is 251 g/mol. The summed E-state index contributed by atoms with van der Waals surface area (Å²) in [5, 5.41) is 3.91. The SMILES string of the molecule is CNCC1(c2ccc(SC(C)C)cc2)COC1. The molecule has 1 N–H and O–H groups in total. The Balaban J connectivity index is 2.11. The van der Waals surface area contributed by atoms with Gasteiger partial charge in [0, 0.05) is 16.7 Å². The summed E-state index contributed by atoms with van der Waals surface area (Å²) < 4.78 is 5.39. The van der Waals surface area contributed by atoms with Crippen molar-refractivity contribution in [3.05, 3.63) is 29.8 Å². The number of ether oxygens (including phenoxy) is 1. The number of hydrogen-bond donors (Lipinski definition) is 1. The zero-order valence-electron chi connectivity index (χ0n) is 10.8. The largest absolute Gasteiger partial charge is 0.379 e. The molecule has 0 aromatic heterocycles. The van der Waals surface area contributed by atoms with E-state index in [1.807, 2.05) is 18.8 Å². The van der Waals surface area contributed by atoms with Gasteiger partial charge in [-0.25, -0.2) is 0 Å². The molecule has 1 aliphatic heterocycles. The summed E-state index contributed by atoms with van der Waals surface area (Å²) in [5.41, 5.74) is 1.60. The first-order valence-corrected chi connectivity index (χ1v) is 7.04. The Morgan fingerprint density at radius 1 is 1.29 bits per heavy atom. The van der Waals surface area contributed by atoms with Gasteiger partial charge in [0.15, 0.2) is 0 Å². The molecule has 2 rings (SSSR count). The summed E-state index contributed by atoms with van der Waals surface area (Å²) in [4.78, 5) is 1.35. The fourth-order valence-corrected chi connectivity index (χ4v) is 3.05. The number of rotatable bonds is 5. The molecule has 0 saturated carbocycles. The lowest BCUT2D eigenvalue weighted by Crippen LogP contribution is -2.52. The number of nitrogens with one attached hydrogen (secondary N) is 1. The van der Waals surface area contributed by atoms with E-state index in [1.54, 1.807) is 0 Å². The Labute approximate surface area is 108 Å². The van der Waals surface area contributed by atoms with Crippen LogP contribution >= 0.6 is 11.8 Å². The second-order valence-corrected chi connectivity index (χ2v) is 6.64. The molecule has 0 aliphatic carbocycles. The highest BCUT2D eigenvalue weighted by Crippen LogP contribution is 2.33. The third-order valence-electron chi connectivity index (χ3n) is 3.11. The highest BCUT2D eigenvalue weighted by Gasteiger charge is 2.39. The van der Waals surface area contributed by atoms with Crippen LogP contribution in [0.2, 0.25) is 0 Å². The number of thioether (sulfide) groups is 1. The lowest BCUT2D eigenvalue weighted by Gasteiger charge is -2.42. The molecule has 1 heterocycles. The van der Waals surface area contributed by atoms with Gasteiger partial charge in [0.05, 0.1) is 18.6 Å². The lowest BCUT2D eigenvalue weighted by molar-refractivity contribution is -0.0582. The molecule has 0 radical (unpaired) electrons. The van der Waals surface area contributed by atoms with Crippen molar-refractivity contribution in [1.82, 2.24) is 5.32 Å². The molecule has 0 spiro atoms. The first kappa shape index (κ1) is 12.9. The van der Waals surface area contributed by atoms with Crippen molar-refractivity contribution in [3.63, 3.8) is 0 Å². The van der Waals surface area contributed by atoms with E-state index in [-0.39, 0.29) is 5.41 Å². The quantitative estimate of drug-likeness (QED) is 0.813. The third-order valence-corrected chi connectivity index (χ3v) is 4.13. The maximum Gasteiger partial charge on any atom is 0.0598 e. The van der Waals surface area contributed by atoms with Gasteiger partial charge in [-0.15, -0.1) is 11.8 Å². The molecule has 1 aliphatic rings. The van der Waals surface area contributed by atoms with Crippen molar-refractivity contribution < 1.29 is 4.74 Å². The topological polar surface area (TPSA) is 21.3 Å². The van der Waals surface area contributed by atoms with E-state index in [0.29, 0.717) is 5.25 Å². The Morgan fingerprint density at radius 2 is 1.94 bits per heavy atom. The molecule has 0 atom stereocenters. The molecule has 0 unspecified atom stereocenters. The van der Waals surface area contributed by atoms with Gasteiger partial charge in [0.2, 0.25) is 0 Å². The van der Waals surface area contributed by atoms with Crippen LogP contribution in [0.25, 0.3) is 0 Å². The molecule has 0 bridgehead atoms. The fourth-order valence-electron chi connectivity index (χ4n) is 2.22. The normalized spacial score (nSPS) is 18.1. The molecule has 1 fully saturated rings. The molecule has 3 heteroatoms. The second kappa shape index (κ2) is 5.42. The number of likely N-dealkylation sites (N-methyl/N-ethyl adjacent to an activating group) is 1. The summed E-state index contributed by atoms with van der Waals surface area (Å²) in [7, 11) is 2.00. The standard InChI is InChI=1S/C14H21NOS/c1-11(2)17-13-6-4-12(5-7-13)14(8-15-3)9-16-10-14/h4-7,11,15H,8-10H2,1-3H3. The van der Waals surface area contributed by atoms with Gasteiger partial charge in [-0.2, -0.15) is 0 Å². The van der Waals surface area contributed by atoms with Gasteiger partial charge >= 0.3 is 0 Å². The van der Waals surface area contributed by atoms with Gasteiger partial charge in [-0.05, 0) is 24.7 Å². The summed E-state index contributed by atoms with van der Waals surface area (Å²) in [6, 6.07) is 8.97. The van der Waals surface area contributed by atoms with Crippen molar-refractivity contribution in [2.75, 3.05) is 26.8 Å². The van der Waals surface area contributed by atoms with Crippen LogP contribution in [0.3, 0.4) is 0 Å². The van der Waals surface area contributed by atoms with Gasteiger partial charge in [-0.3, -0.25) is 0 Å². The summed E-state index contributed by atoms with van der Waals surface area (Å²) in [6.07, 6.45) is 0. The Morgan fingerprint density at radius 3 is 2.35 bits per heavy atom. The Hall–Kier alpha value is -0.510. The van der Waals surface area contributed by atoms with E-state index < -0.39 is 0 Å². The van der Waals surface area contributed by atoms with E-state index in [9.17, 15) is 0 Å². The zero-order valence-corrected chi connectivity index (χ0v) is 11.6. The van der Waals surface area contributed by atoms with Crippen LogP contribution in [0.5, 0.6) is 0 Å². The summed E-state index contributed by atoms with van der Waals surface area (Å²) in [5.74, 6) is 0. The first-order chi connectivity index (χ1) is 8.16. The van der Waals surface area contributed by atoms with Crippen LogP contribution in [-0.4, -0.2) is 32.1 Å². The molecular weight excluding hydrogens is 230 g/mol. The van der Waals surface area contributed by atoms with Crippen LogP contribution in [0.1, 0.15) is 19.4 Å². The minimum absolute atomic E-state index is 0.204. The van der Waals surface area contributed by atoms with E-state index in [2.05, 4.69) is 43.4 Å². The van der Waals surface area contributed by atoms with Gasteiger partial charge in [0.25, 0.3) is 0 Å². The zero-order chi connectivity index (χ0) is 12.3. The van der Waals surface area contributed by atoms with E-state index in [4.69, 9.17) is 4.74 Å². The fraction of sp³-hybridized carbons (Fsp3) is 0.571. The Kier molecular flexibility index (Phi) is 4.13. The number of hydrogen-bond acceptors (Lipinski definition) is 3. The predicted molar refractivity (Wildman–Crippen MR) is 73.9 cm³/mol. The van der Waals surface area contributed by atoms with Crippen molar-refractivity contribution >= 4 is 11.8 Å². The molecular formula is C14H21NOS. The highest BCUT2D eigenvalue weighted by molar-refractivity contribution is 7.99. The predicted octanol–water partition coefficient (Wildman–Crippen LogP) is 2.67. The second-order valence-electron chi connectivity index (χ2n) is 4.99. The molecule has 1 saturated heterocycles. The summed E-state index contributed by atoms with van der Waals surface area (Å²) in [6.45, 7) is 7.11. The van der Waals surface area contributed by atoms with Crippen LogP contribution in [0.4, 0.5) is 0 Å². The minimum Gasteiger partial charge on any atom is -0.379 e. The van der Waals surface area contributed by atoms with E-state index in [1.165, 1.54) is 10.5 Å². The van der Waals surface area contributed by atoms with Crippen LogP contribution in [0, 0.1) is 0 Å². The lowest BCUT2D eigenvalue weighted by atomic mass is 9.78. The van der Waals surface area contributed by atoms with Crippen molar-refractivity contribution in [3.8, 4) is 0 Å². The first-order valence-electron chi connectivity index (χ1n) is 6.16. The van der Waals surface area contributed by atoms with Gasteiger partial charge in [0.1, 0.15) is 0 Å². The molecule has 1 aromatic rings. The highest BCUT2D eigenvalue weighted by atomic mass is 32.2. The van der Waals surface area contributed by atoms with Gasteiger partial charge in [-0.1, -0.05) is 26.0 Å². The maximum absolute atomic E-state index is 5.39. The van der Waals surface area contributed by atoms with Crippen LogP contribution in [0.15, 0.2) is 29.2 Å². The smallest absolute Gasteiger partial charge is 0.0598 e. The van der Waals surface area contributed by atoms with Crippen molar-refractivity contribution in [1.29, 1.82) is 0 Å². The van der Waals surface area contributed by atoms with Gasteiger partial charge < -0.3 is 10.1 Å². The maximum atomic E-state index is 5.39. The van der Waals surface area contributed by atoms with Crippen molar-refractivity contribution in [2.24, 2.45) is 0 Å². The molecule has 17 heavy (non-hydrogen) atoms. The number of benzene rings is 1. The van der Waals surface area contributed by atoms with E-state index in [0.717, 1.165) is 19.8 Å². The molecule has 1 aromatic carbocycles. The summed E-state index contributed by atoms with van der Waals surface area (Å²) >= 11 is 1.91. The minimum atomic E-state index is 0.204. The monoisotopic (exact) mass is 251 g/mol. The molecule has 2 nitrogen and oxygen atoms in total. The molecule has 94 valence electrons. The molecule has 0 amide bonds. The average Bonchev–Trinajstić information content (AvgIpc) is 2.24. The van der Waals surface area contributed by atoms with Crippen molar-refractivity contribution in [2.45, 2.75) is 29.4 Å².